The molecule has 6 rings (SSSR count). The maximum Gasteiger partial charge on any atom is 0.324 e. The molecule has 0 bridgehead atoms. The highest BCUT2D eigenvalue weighted by molar-refractivity contribution is 5.92. The number of carbonyl (C=O) groups is 2. The van der Waals surface area contributed by atoms with Gasteiger partial charge in [-0.05, 0) is 24.3 Å². The van der Waals surface area contributed by atoms with Crippen molar-refractivity contribution in [2.75, 3.05) is 44.3 Å². The summed E-state index contributed by atoms with van der Waals surface area (Å²) in [4.78, 5) is 36.4. The molecule has 0 aliphatic carbocycles. The SMILES string of the molecule is Cc1nnc(-c2ccn3cc(CN(C(=O)N4CCN(C(=O)C5COC5)CC4)c4ccccc4)nc3c2)o1. The summed E-state index contributed by atoms with van der Waals surface area (Å²) in [5.41, 5.74) is 3.03. The Bertz CT molecular complexity index is 1420. The Morgan fingerprint density at radius 3 is 2.46 bits per heavy atom. The van der Waals surface area contributed by atoms with Crippen LogP contribution in [0.15, 0.2) is 59.3 Å². The van der Waals surface area contributed by atoms with Crippen molar-refractivity contribution in [2.45, 2.75) is 13.5 Å². The fourth-order valence-corrected chi connectivity index (χ4v) is 4.62. The summed E-state index contributed by atoms with van der Waals surface area (Å²) in [6, 6.07) is 13.2. The lowest BCUT2D eigenvalue weighted by Crippen LogP contribution is -2.56. The molecule has 11 heteroatoms. The maximum absolute atomic E-state index is 13.7. The average Bonchev–Trinajstić information content (AvgIpc) is 3.51. The number of benzene rings is 1. The first-order chi connectivity index (χ1) is 18.0. The van der Waals surface area contributed by atoms with Crippen LogP contribution in [0.2, 0.25) is 0 Å². The Labute approximate surface area is 213 Å². The molecule has 0 atom stereocenters. The first-order valence-electron chi connectivity index (χ1n) is 12.3. The van der Waals surface area contributed by atoms with Crippen LogP contribution >= 0.6 is 0 Å². The molecule has 11 nitrogen and oxygen atoms in total. The summed E-state index contributed by atoms with van der Waals surface area (Å²) < 4.78 is 12.6. The first-order valence-corrected chi connectivity index (χ1v) is 12.3. The van der Waals surface area contributed by atoms with Gasteiger partial charge < -0.3 is 23.4 Å². The topological polar surface area (TPSA) is 109 Å². The summed E-state index contributed by atoms with van der Waals surface area (Å²) in [5, 5.41) is 7.98. The Hall–Kier alpha value is -4.25. The van der Waals surface area contributed by atoms with Gasteiger partial charge in [0.1, 0.15) is 5.65 Å². The molecule has 0 radical (unpaired) electrons. The van der Waals surface area contributed by atoms with E-state index in [2.05, 4.69) is 10.2 Å². The van der Waals surface area contributed by atoms with Crippen molar-refractivity contribution < 1.29 is 18.7 Å². The smallest absolute Gasteiger partial charge is 0.324 e. The maximum atomic E-state index is 13.7. The minimum atomic E-state index is -0.107. The zero-order valence-electron chi connectivity index (χ0n) is 20.5. The molecule has 37 heavy (non-hydrogen) atoms. The van der Waals surface area contributed by atoms with Crippen LogP contribution in [-0.4, -0.2) is 80.7 Å². The van der Waals surface area contributed by atoms with Gasteiger partial charge in [0.05, 0.1) is 31.4 Å². The summed E-state index contributed by atoms with van der Waals surface area (Å²) in [6.45, 7) is 5.06. The third-order valence-corrected chi connectivity index (χ3v) is 6.75. The van der Waals surface area contributed by atoms with E-state index >= 15 is 0 Å². The molecule has 2 saturated heterocycles. The van der Waals surface area contributed by atoms with Gasteiger partial charge in [0.2, 0.25) is 17.7 Å². The highest BCUT2D eigenvalue weighted by Gasteiger charge is 2.34. The van der Waals surface area contributed by atoms with Gasteiger partial charge in [-0.1, -0.05) is 18.2 Å². The quantitative estimate of drug-likeness (QED) is 0.414. The van der Waals surface area contributed by atoms with Crippen LogP contribution in [0.4, 0.5) is 10.5 Å². The number of pyridine rings is 1. The number of urea groups is 1. The predicted octanol–water partition coefficient (Wildman–Crippen LogP) is 2.61. The minimum Gasteiger partial charge on any atom is -0.421 e. The van der Waals surface area contributed by atoms with Crippen molar-refractivity contribution in [1.82, 2.24) is 29.4 Å². The number of imidazole rings is 1. The number of amides is 3. The van der Waals surface area contributed by atoms with E-state index in [0.717, 1.165) is 22.6 Å². The van der Waals surface area contributed by atoms with E-state index in [1.165, 1.54) is 0 Å². The molecule has 0 unspecified atom stereocenters. The Kier molecular flexibility index (Phi) is 6.05. The molecule has 2 fully saturated rings. The van der Waals surface area contributed by atoms with Crippen molar-refractivity contribution in [1.29, 1.82) is 0 Å². The van der Waals surface area contributed by atoms with E-state index in [-0.39, 0.29) is 17.9 Å². The molecule has 3 aromatic heterocycles. The van der Waals surface area contributed by atoms with Crippen molar-refractivity contribution in [2.24, 2.45) is 5.92 Å². The van der Waals surface area contributed by atoms with Crippen molar-refractivity contribution in [3.63, 3.8) is 0 Å². The van der Waals surface area contributed by atoms with Crippen LogP contribution < -0.4 is 4.90 Å². The lowest BCUT2D eigenvalue weighted by Gasteiger charge is -2.39. The van der Waals surface area contributed by atoms with Crippen LogP contribution in [-0.2, 0) is 16.1 Å². The normalized spacial score (nSPS) is 16.1. The van der Waals surface area contributed by atoms with E-state index in [1.54, 1.807) is 16.7 Å². The van der Waals surface area contributed by atoms with Crippen molar-refractivity contribution in [3.8, 4) is 11.5 Å². The second-order valence-corrected chi connectivity index (χ2v) is 9.29. The number of aromatic nitrogens is 4. The van der Waals surface area contributed by atoms with E-state index < -0.39 is 0 Å². The van der Waals surface area contributed by atoms with Gasteiger partial charge in [0.25, 0.3) is 0 Å². The second-order valence-electron chi connectivity index (χ2n) is 9.29. The monoisotopic (exact) mass is 501 g/mol. The average molecular weight is 502 g/mol. The first kappa shape index (κ1) is 23.2. The van der Waals surface area contributed by atoms with E-state index in [1.807, 2.05) is 64.2 Å². The molecule has 4 aromatic rings. The number of hydrogen-bond acceptors (Lipinski definition) is 7. The Morgan fingerprint density at radius 2 is 1.78 bits per heavy atom. The third-order valence-electron chi connectivity index (χ3n) is 6.75. The van der Waals surface area contributed by atoms with Gasteiger partial charge in [0.15, 0.2) is 0 Å². The van der Waals surface area contributed by atoms with Crippen molar-refractivity contribution in [3.05, 3.63) is 66.4 Å². The highest BCUT2D eigenvalue weighted by atomic mass is 16.5. The van der Waals surface area contributed by atoms with Crippen molar-refractivity contribution >= 4 is 23.3 Å². The van der Waals surface area contributed by atoms with Crippen LogP contribution in [0, 0.1) is 12.8 Å². The van der Waals surface area contributed by atoms with Gasteiger partial charge >= 0.3 is 6.03 Å². The summed E-state index contributed by atoms with van der Waals surface area (Å²) in [7, 11) is 0. The Morgan fingerprint density at radius 1 is 1.03 bits per heavy atom. The number of ether oxygens (including phenoxy) is 1. The molecule has 3 amide bonds. The van der Waals surface area contributed by atoms with E-state index in [4.69, 9.17) is 14.1 Å². The van der Waals surface area contributed by atoms with Gasteiger partial charge in [-0.25, -0.2) is 9.78 Å². The zero-order chi connectivity index (χ0) is 25.4. The molecule has 1 aromatic carbocycles. The molecular formula is C26H27N7O4. The molecule has 2 aliphatic heterocycles. The lowest BCUT2D eigenvalue weighted by atomic mass is 10.1. The standard InChI is InChI=1S/C26H27N7O4/c1-18-28-29-24(37-18)19-7-8-32-14-21(27-23(32)13-19)15-33(22-5-3-2-4-6-22)26(35)31-11-9-30(10-12-31)25(34)20-16-36-17-20/h2-8,13-14,20H,9-12,15-17H2,1H3. The summed E-state index contributed by atoms with van der Waals surface area (Å²) >= 11 is 0. The minimum absolute atomic E-state index is 0.0394. The fraction of sp³-hybridized carbons (Fsp3) is 0.346. The molecule has 5 heterocycles. The van der Waals surface area contributed by atoms with Gasteiger partial charge in [0, 0.05) is 56.7 Å². The Balaban J connectivity index is 1.20. The number of hydrogen-bond donors (Lipinski definition) is 0. The number of piperazine rings is 1. The van der Waals surface area contributed by atoms with Crippen LogP contribution in [0.1, 0.15) is 11.6 Å². The molecule has 2 aliphatic rings. The zero-order valence-corrected chi connectivity index (χ0v) is 20.5. The van der Waals surface area contributed by atoms with Gasteiger partial charge in [-0.3, -0.25) is 9.69 Å². The van der Waals surface area contributed by atoms with Crippen LogP contribution in [0.5, 0.6) is 0 Å². The van der Waals surface area contributed by atoms with Crippen LogP contribution in [0.25, 0.3) is 17.1 Å². The summed E-state index contributed by atoms with van der Waals surface area (Å²) in [5.74, 6) is 1.02. The number of para-hydroxylation sites is 1. The molecule has 0 spiro atoms. The van der Waals surface area contributed by atoms with Crippen LogP contribution in [0.3, 0.4) is 0 Å². The van der Waals surface area contributed by atoms with Gasteiger partial charge in [-0.15, -0.1) is 10.2 Å². The summed E-state index contributed by atoms with van der Waals surface area (Å²) in [6.07, 6.45) is 3.80. The lowest BCUT2D eigenvalue weighted by molar-refractivity contribution is -0.151. The largest absolute Gasteiger partial charge is 0.421 e. The predicted molar refractivity (Wildman–Crippen MR) is 134 cm³/mol. The second kappa shape index (κ2) is 9.66. The number of nitrogens with zero attached hydrogens (tertiary/aromatic N) is 7. The molecule has 0 N–H and O–H groups in total. The molecule has 190 valence electrons. The number of anilines is 1. The van der Waals surface area contributed by atoms with E-state index in [9.17, 15) is 9.59 Å². The number of aryl methyl sites for hydroxylation is 1. The number of fused-ring (bicyclic) bond motifs is 1. The molecular weight excluding hydrogens is 474 g/mol. The number of rotatable bonds is 5. The highest BCUT2D eigenvalue weighted by Crippen LogP contribution is 2.23. The number of carbonyl (C=O) groups excluding carboxylic acids is 2. The van der Waals surface area contributed by atoms with Gasteiger partial charge in [-0.2, -0.15) is 0 Å². The fourth-order valence-electron chi connectivity index (χ4n) is 4.62. The molecule has 0 saturated carbocycles. The van der Waals surface area contributed by atoms with E-state index in [0.29, 0.717) is 57.7 Å². The third kappa shape index (κ3) is 4.65.